The van der Waals surface area contributed by atoms with Crippen LogP contribution in [0.2, 0.25) is 0 Å². The summed E-state index contributed by atoms with van der Waals surface area (Å²) in [5, 5.41) is 14.7. The summed E-state index contributed by atoms with van der Waals surface area (Å²) in [4.78, 5) is 70.5. The minimum Gasteiger partial charge on any atom is -0.480 e. The number of likely N-dealkylation sites (tertiary alicyclic amines) is 1. The zero-order valence-corrected chi connectivity index (χ0v) is 43.0. The van der Waals surface area contributed by atoms with E-state index in [1.807, 2.05) is 36.0 Å². The van der Waals surface area contributed by atoms with Crippen LogP contribution < -0.4 is 16.5 Å². The van der Waals surface area contributed by atoms with Crippen LogP contribution in [0.4, 0.5) is 0 Å². The van der Waals surface area contributed by atoms with Gasteiger partial charge in [-0.2, -0.15) is 0 Å². The van der Waals surface area contributed by atoms with Crippen LogP contribution in [0.5, 0.6) is 0 Å². The van der Waals surface area contributed by atoms with Gasteiger partial charge in [0.25, 0.3) is 0 Å². The minimum absolute atomic E-state index is 0.00960. The molecule has 0 saturated carbocycles. The van der Waals surface area contributed by atoms with E-state index in [0.29, 0.717) is 65.7 Å². The average molecular weight is 949 g/mol. The van der Waals surface area contributed by atoms with E-state index in [2.05, 4.69) is 83.1 Å². The molecule has 1 saturated heterocycles. The smallest absolute Gasteiger partial charge is 0.322 e. The van der Waals surface area contributed by atoms with Crippen LogP contribution in [0, 0.1) is 24.7 Å². The van der Waals surface area contributed by atoms with Gasteiger partial charge in [-0.1, -0.05) is 61.0 Å². The molecule has 2 heterocycles. The molecule has 2 rings (SSSR count). The number of rotatable bonds is 29. The molecule has 1 aliphatic rings. The summed E-state index contributed by atoms with van der Waals surface area (Å²) in [6, 6.07) is 3.83. The second kappa shape index (κ2) is 37.8. The average Bonchev–Trinajstić information content (AvgIpc) is 3.95. The summed E-state index contributed by atoms with van der Waals surface area (Å²) in [5.74, 6) is 4.56. The summed E-state index contributed by atoms with van der Waals surface area (Å²) in [6.45, 7) is 24.2. The Hall–Kier alpha value is -3.27. The first kappa shape index (κ1) is 63.8. The van der Waals surface area contributed by atoms with E-state index in [1.54, 1.807) is 37.5 Å². The number of carboxylic acid groups (broad SMARTS) is 1. The third-order valence-corrected chi connectivity index (χ3v) is 11.4. The Morgan fingerprint density at radius 3 is 1.94 bits per heavy atom. The number of amides is 4. The number of aliphatic carboxylic acids is 1. The van der Waals surface area contributed by atoms with Crippen molar-refractivity contribution < 1.29 is 57.6 Å². The zero-order valence-electron chi connectivity index (χ0n) is 42.2. The van der Waals surface area contributed by atoms with Crippen molar-refractivity contribution in [2.24, 2.45) is 23.7 Å². The van der Waals surface area contributed by atoms with Crippen molar-refractivity contribution in [3.05, 3.63) is 22.4 Å². The Balaban J connectivity index is 0. The fraction of sp³-hybridized carbons (Fsp3) is 0.804. The quantitative estimate of drug-likeness (QED) is 0.0502. The largest absolute Gasteiger partial charge is 0.480 e. The summed E-state index contributed by atoms with van der Waals surface area (Å²) < 4.78 is 28.1. The lowest BCUT2D eigenvalue weighted by Crippen LogP contribution is -2.57. The number of nitrogens with two attached hydrogens (primary N) is 1. The molecular formula is C46H88N6O12S. The molecular weight excluding hydrogens is 861 g/mol. The molecule has 0 aliphatic carbocycles. The number of hydrogen-bond acceptors (Lipinski definition) is 14. The van der Waals surface area contributed by atoms with Crippen LogP contribution in [0.1, 0.15) is 92.9 Å². The highest BCUT2D eigenvalue weighted by atomic mass is 32.1. The SMILES string of the molecule is CC(C)C.CCC(C)C(C(CC(=O)N1CCCC1C(OC)C(C)C)OC)N(C)C(=O)CNC(=O)C(C)(C)N(C)CCOCCOCCOCCON.Cc1cccs1.O=CNCC(=O)O. The molecule has 19 heteroatoms. The molecule has 0 spiro atoms. The van der Waals surface area contributed by atoms with Crippen molar-refractivity contribution in [1.29, 1.82) is 0 Å². The second-order valence-corrected chi connectivity index (χ2v) is 18.5. The fourth-order valence-corrected chi connectivity index (χ4v) is 7.17. The Bertz CT molecular complexity index is 1390. The minimum atomic E-state index is -1.04. The van der Waals surface area contributed by atoms with Gasteiger partial charge < -0.3 is 54.1 Å². The van der Waals surface area contributed by atoms with E-state index in [4.69, 9.17) is 34.7 Å². The molecule has 1 aromatic rings. The number of aryl methyl sites for hydroxylation is 1. The number of likely N-dealkylation sites (N-methyl/N-ethyl adjacent to an activating group) is 2. The predicted octanol–water partition coefficient (Wildman–Crippen LogP) is 4.23. The van der Waals surface area contributed by atoms with Crippen LogP contribution >= 0.6 is 11.3 Å². The van der Waals surface area contributed by atoms with Gasteiger partial charge in [0.1, 0.15) is 6.54 Å². The molecule has 5 N–H and O–H groups in total. The van der Waals surface area contributed by atoms with Crippen molar-refractivity contribution in [1.82, 2.24) is 25.3 Å². The maximum atomic E-state index is 13.7. The number of methoxy groups -OCH3 is 2. The first-order valence-corrected chi connectivity index (χ1v) is 23.6. The molecule has 0 radical (unpaired) electrons. The number of nitrogens with one attached hydrogen (secondary N) is 2. The molecule has 4 amide bonds. The van der Waals surface area contributed by atoms with Gasteiger partial charge in [-0.3, -0.25) is 28.9 Å². The van der Waals surface area contributed by atoms with E-state index < -0.39 is 17.6 Å². The van der Waals surface area contributed by atoms with E-state index in [0.717, 1.165) is 25.2 Å². The van der Waals surface area contributed by atoms with Gasteiger partial charge >= 0.3 is 5.97 Å². The Labute approximate surface area is 394 Å². The number of carbonyl (C=O) groups is 5. The fourth-order valence-electron chi connectivity index (χ4n) is 6.65. The highest BCUT2D eigenvalue weighted by Gasteiger charge is 2.40. The standard InChI is InChI=1S/C34H67N5O9.C5H6S.C4H10.C3H5NO3/c1-11-26(4)31(28(43-9)23-29(40)39-14-12-13-27(39)32(44-10)25(2)3)38(8)30(41)24-36-33(42)34(5,6)37(7)15-16-45-17-18-46-19-20-47-21-22-48-35;1-5-3-2-4-6-5;1-4(2)3;5-2-4-1-3(6)7/h25-28,31-32H,11-24,35H2,1-10H3,(H,36,42);2-4H,1H3;4H,1-3H3;2H,1H2,(H,4,5)(H,6,7). The summed E-state index contributed by atoms with van der Waals surface area (Å²) in [6.07, 6.45) is 2.59. The van der Waals surface area contributed by atoms with Crippen LogP contribution in [0.15, 0.2) is 17.5 Å². The van der Waals surface area contributed by atoms with E-state index in [-0.39, 0.29) is 67.3 Å². The molecule has 5 atom stereocenters. The van der Waals surface area contributed by atoms with Crippen LogP contribution in [0.3, 0.4) is 0 Å². The lowest BCUT2D eigenvalue weighted by atomic mass is 9.90. The van der Waals surface area contributed by atoms with Crippen molar-refractivity contribution in [3.8, 4) is 0 Å². The second-order valence-electron chi connectivity index (χ2n) is 17.3. The van der Waals surface area contributed by atoms with Crippen molar-refractivity contribution in [2.45, 2.75) is 125 Å². The van der Waals surface area contributed by atoms with Crippen molar-refractivity contribution in [3.63, 3.8) is 0 Å². The number of carbonyl (C=O) groups excluding carboxylic acids is 4. The van der Waals surface area contributed by atoms with Crippen molar-refractivity contribution >= 4 is 41.4 Å². The van der Waals surface area contributed by atoms with Gasteiger partial charge in [0, 0.05) is 39.2 Å². The maximum Gasteiger partial charge on any atom is 0.322 e. The van der Waals surface area contributed by atoms with Crippen LogP contribution in [0.25, 0.3) is 0 Å². The van der Waals surface area contributed by atoms with Gasteiger partial charge in [0.05, 0.1) is 89.0 Å². The van der Waals surface area contributed by atoms with Crippen LogP contribution in [-0.2, 0) is 52.5 Å². The molecule has 1 fully saturated rings. The van der Waals surface area contributed by atoms with E-state index >= 15 is 0 Å². The van der Waals surface area contributed by atoms with Crippen LogP contribution in [-0.4, -0.2) is 180 Å². The molecule has 5 unspecified atom stereocenters. The predicted molar refractivity (Wildman–Crippen MR) is 255 cm³/mol. The number of nitrogens with zero attached hydrogens (tertiary/aromatic N) is 3. The first-order valence-electron chi connectivity index (χ1n) is 22.7. The van der Waals surface area contributed by atoms with Gasteiger partial charge in [-0.15, -0.1) is 11.3 Å². The van der Waals surface area contributed by atoms with Gasteiger partial charge in [0.2, 0.25) is 24.1 Å². The Kier molecular flexibility index (Phi) is 37.1. The summed E-state index contributed by atoms with van der Waals surface area (Å²) in [7, 11) is 6.86. The highest BCUT2D eigenvalue weighted by molar-refractivity contribution is 7.09. The Morgan fingerprint density at radius 1 is 0.954 bits per heavy atom. The lowest BCUT2D eigenvalue weighted by molar-refractivity contribution is -0.144. The topological polar surface area (TPSA) is 221 Å². The zero-order chi connectivity index (χ0) is 50.0. The third-order valence-electron chi connectivity index (χ3n) is 10.6. The number of carboxylic acids is 1. The first-order chi connectivity index (χ1) is 30.7. The summed E-state index contributed by atoms with van der Waals surface area (Å²) >= 11 is 1.78. The number of hydrogen-bond donors (Lipinski definition) is 4. The monoisotopic (exact) mass is 949 g/mol. The van der Waals surface area contributed by atoms with E-state index in [1.165, 1.54) is 4.88 Å². The Morgan fingerprint density at radius 2 is 1.52 bits per heavy atom. The van der Waals surface area contributed by atoms with Gasteiger partial charge in [-0.05, 0) is 69.9 Å². The normalized spacial score (nSPS) is 15.4. The highest BCUT2D eigenvalue weighted by Crippen LogP contribution is 2.29. The number of ether oxygens (including phenoxy) is 5. The summed E-state index contributed by atoms with van der Waals surface area (Å²) in [5.41, 5.74) is -0.886. The molecule has 0 aromatic carbocycles. The maximum absolute atomic E-state index is 13.7. The molecule has 18 nitrogen and oxygen atoms in total. The lowest BCUT2D eigenvalue weighted by Gasteiger charge is -2.39. The molecule has 1 aliphatic heterocycles. The van der Waals surface area contributed by atoms with E-state index in [9.17, 15) is 24.0 Å². The van der Waals surface area contributed by atoms with Crippen molar-refractivity contribution in [2.75, 3.05) is 101 Å². The third kappa shape index (κ3) is 28.5. The van der Waals surface area contributed by atoms with Gasteiger partial charge in [0.15, 0.2) is 0 Å². The number of thiophene rings is 1. The molecule has 380 valence electrons. The molecule has 1 aromatic heterocycles. The van der Waals surface area contributed by atoms with Gasteiger partial charge in [-0.25, -0.2) is 5.90 Å². The molecule has 0 bridgehead atoms. The molecule has 65 heavy (non-hydrogen) atoms.